The summed E-state index contributed by atoms with van der Waals surface area (Å²) in [5.74, 6) is 0.555. The van der Waals surface area contributed by atoms with Crippen molar-refractivity contribution in [3.63, 3.8) is 0 Å². The van der Waals surface area contributed by atoms with Crippen LogP contribution in [0.15, 0.2) is 62.7 Å². The Morgan fingerprint density at radius 1 is 1.09 bits per heavy atom. The molecule has 3 aromatic heterocycles. The summed E-state index contributed by atoms with van der Waals surface area (Å²) in [6.07, 6.45) is 3.13. The van der Waals surface area contributed by atoms with Crippen LogP contribution < -0.4 is 15.7 Å². The minimum absolute atomic E-state index is 0.155. The summed E-state index contributed by atoms with van der Waals surface area (Å²) < 4.78 is 6.77. The van der Waals surface area contributed by atoms with Gasteiger partial charge < -0.3 is 4.42 Å². The minimum Gasteiger partial charge on any atom is -0.465 e. The molecule has 7 heteroatoms. The number of hydrogen-bond acceptors (Lipinski definition) is 6. The predicted molar refractivity (Wildman–Crippen MR) is 86.3 cm³/mol. The van der Waals surface area contributed by atoms with Crippen molar-refractivity contribution in [3.05, 3.63) is 79.7 Å². The van der Waals surface area contributed by atoms with E-state index < -0.39 is 5.56 Å². The van der Waals surface area contributed by atoms with Crippen LogP contribution in [0.2, 0.25) is 0 Å². The fraction of sp³-hybridized carbons (Fsp3) is 0. The Bertz CT molecular complexity index is 1150. The van der Waals surface area contributed by atoms with Crippen LogP contribution in [-0.4, -0.2) is 14.6 Å². The lowest BCUT2D eigenvalue weighted by Gasteiger charge is -1.98. The van der Waals surface area contributed by atoms with Crippen LogP contribution in [0.3, 0.4) is 0 Å². The van der Waals surface area contributed by atoms with Gasteiger partial charge in [-0.05, 0) is 12.1 Å². The van der Waals surface area contributed by atoms with Gasteiger partial charge in [0, 0.05) is 11.6 Å². The number of nitrogens with zero attached hydrogens (tertiary/aromatic N) is 3. The topological polar surface area (TPSA) is 77.5 Å². The zero-order valence-corrected chi connectivity index (χ0v) is 12.5. The van der Waals surface area contributed by atoms with Gasteiger partial charge >= 0.3 is 5.56 Å². The quantitative estimate of drug-likeness (QED) is 0.556. The third-order valence-corrected chi connectivity index (χ3v) is 4.21. The van der Waals surface area contributed by atoms with E-state index in [4.69, 9.17) is 4.42 Å². The highest BCUT2D eigenvalue weighted by Gasteiger charge is 2.12. The number of furan rings is 1. The summed E-state index contributed by atoms with van der Waals surface area (Å²) in [6, 6.07) is 12.4. The standard InChI is InChI=1S/C16H9N3O3S/c20-14-13(10-5-2-1-3-6-10)18-19-15(21)12(23-16(19)17-14)9-11-7-4-8-22-11/h1-9H/b12-9-. The predicted octanol–water partition coefficient (Wildman–Crippen LogP) is 1.32. The van der Waals surface area contributed by atoms with Crippen LogP contribution in [0.5, 0.6) is 0 Å². The van der Waals surface area contributed by atoms with Gasteiger partial charge in [0.1, 0.15) is 10.3 Å². The summed E-state index contributed by atoms with van der Waals surface area (Å²) in [7, 11) is 0. The molecule has 3 heterocycles. The van der Waals surface area contributed by atoms with Crippen LogP contribution in [0, 0.1) is 0 Å². The summed E-state index contributed by atoms with van der Waals surface area (Å²) >= 11 is 1.10. The van der Waals surface area contributed by atoms with Gasteiger partial charge in [-0.2, -0.15) is 14.6 Å². The monoisotopic (exact) mass is 323 g/mol. The van der Waals surface area contributed by atoms with Gasteiger partial charge in [0.2, 0.25) is 4.96 Å². The van der Waals surface area contributed by atoms with E-state index in [9.17, 15) is 9.59 Å². The van der Waals surface area contributed by atoms with E-state index in [1.807, 2.05) is 6.07 Å². The fourth-order valence-corrected chi connectivity index (χ4v) is 3.07. The van der Waals surface area contributed by atoms with Gasteiger partial charge in [0.05, 0.1) is 6.26 Å². The SMILES string of the molecule is O=c1nc2s/c(=C\c3ccco3)c(=O)n2nc1-c1ccccc1. The first-order valence-corrected chi connectivity index (χ1v) is 7.58. The van der Waals surface area contributed by atoms with Gasteiger partial charge in [-0.15, -0.1) is 0 Å². The van der Waals surface area contributed by atoms with E-state index in [1.165, 1.54) is 6.26 Å². The highest BCUT2D eigenvalue weighted by molar-refractivity contribution is 7.15. The second-order valence-corrected chi connectivity index (χ2v) is 5.77. The van der Waals surface area contributed by atoms with Crippen molar-refractivity contribution in [1.82, 2.24) is 14.6 Å². The van der Waals surface area contributed by atoms with Crippen LogP contribution in [-0.2, 0) is 0 Å². The van der Waals surface area contributed by atoms with Crippen molar-refractivity contribution >= 4 is 22.4 Å². The zero-order valence-electron chi connectivity index (χ0n) is 11.7. The smallest absolute Gasteiger partial charge is 0.300 e. The number of hydrogen-bond donors (Lipinski definition) is 0. The maximum absolute atomic E-state index is 12.4. The number of fused-ring (bicyclic) bond motifs is 1. The van der Waals surface area contributed by atoms with Crippen LogP contribution in [0.4, 0.5) is 0 Å². The third kappa shape index (κ3) is 2.36. The lowest BCUT2D eigenvalue weighted by molar-refractivity contribution is 0.556. The molecule has 112 valence electrons. The van der Waals surface area contributed by atoms with Crippen molar-refractivity contribution in [2.24, 2.45) is 0 Å². The molecule has 0 atom stereocenters. The summed E-state index contributed by atoms with van der Waals surface area (Å²) in [6.45, 7) is 0. The number of rotatable bonds is 2. The van der Waals surface area contributed by atoms with Crippen LogP contribution >= 0.6 is 11.3 Å². The third-order valence-electron chi connectivity index (χ3n) is 3.25. The highest BCUT2D eigenvalue weighted by Crippen LogP contribution is 2.11. The first-order valence-electron chi connectivity index (χ1n) is 6.77. The van der Waals surface area contributed by atoms with Gasteiger partial charge in [-0.25, -0.2) is 0 Å². The Labute approximate surface area is 133 Å². The average molecular weight is 323 g/mol. The van der Waals surface area contributed by atoms with Crippen molar-refractivity contribution in [3.8, 4) is 11.3 Å². The lowest BCUT2D eigenvalue weighted by atomic mass is 10.2. The van der Waals surface area contributed by atoms with E-state index >= 15 is 0 Å². The van der Waals surface area contributed by atoms with Crippen LogP contribution in [0.25, 0.3) is 22.3 Å². The number of benzene rings is 1. The van der Waals surface area contributed by atoms with E-state index in [0.29, 0.717) is 15.9 Å². The Hall–Kier alpha value is -3.06. The largest absolute Gasteiger partial charge is 0.465 e. The zero-order chi connectivity index (χ0) is 15.8. The first-order chi connectivity index (χ1) is 11.2. The van der Waals surface area contributed by atoms with Gasteiger partial charge in [-0.3, -0.25) is 9.59 Å². The normalized spacial score (nSPS) is 12.1. The van der Waals surface area contributed by atoms with E-state index in [0.717, 1.165) is 15.9 Å². The summed E-state index contributed by atoms with van der Waals surface area (Å²) in [5.41, 5.74) is -0.00260. The first kappa shape index (κ1) is 13.6. The summed E-state index contributed by atoms with van der Waals surface area (Å²) in [5, 5.41) is 4.18. The molecule has 6 nitrogen and oxygen atoms in total. The van der Waals surface area contributed by atoms with Crippen LogP contribution in [0.1, 0.15) is 5.76 Å². The molecule has 0 saturated heterocycles. The molecule has 0 unspecified atom stereocenters. The maximum Gasteiger partial charge on any atom is 0.300 e. The van der Waals surface area contributed by atoms with Crippen molar-refractivity contribution in [2.45, 2.75) is 0 Å². The molecule has 0 N–H and O–H groups in total. The Morgan fingerprint density at radius 2 is 1.91 bits per heavy atom. The Kier molecular flexibility index (Phi) is 3.13. The molecule has 0 aliphatic carbocycles. The van der Waals surface area contributed by atoms with Crippen molar-refractivity contribution in [2.75, 3.05) is 0 Å². The molecule has 0 spiro atoms. The second-order valence-electron chi connectivity index (χ2n) is 4.76. The molecule has 0 bridgehead atoms. The molecule has 0 amide bonds. The second kappa shape index (κ2) is 5.29. The van der Waals surface area contributed by atoms with Crippen molar-refractivity contribution in [1.29, 1.82) is 0 Å². The molecule has 0 fully saturated rings. The average Bonchev–Trinajstić information content (AvgIpc) is 3.17. The molecular formula is C16H9N3O3S. The Balaban J connectivity index is 1.98. The minimum atomic E-state index is -0.456. The molecule has 0 radical (unpaired) electrons. The van der Waals surface area contributed by atoms with Gasteiger partial charge in [0.25, 0.3) is 5.56 Å². The molecule has 0 aliphatic rings. The molecule has 23 heavy (non-hydrogen) atoms. The number of thiazole rings is 1. The fourth-order valence-electron chi connectivity index (χ4n) is 2.19. The maximum atomic E-state index is 12.4. The van der Waals surface area contributed by atoms with Crippen molar-refractivity contribution < 1.29 is 4.42 Å². The molecule has 1 aromatic carbocycles. The number of aromatic nitrogens is 3. The molecule has 0 saturated carbocycles. The van der Waals surface area contributed by atoms with E-state index in [1.54, 1.807) is 42.5 Å². The summed E-state index contributed by atoms with van der Waals surface area (Å²) in [4.78, 5) is 28.8. The molecule has 4 aromatic rings. The van der Waals surface area contributed by atoms with Gasteiger partial charge in [-0.1, -0.05) is 41.7 Å². The molecule has 4 rings (SSSR count). The van der Waals surface area contributed by atoms with E-state index in [2.05, 4.69) is 10.1 Å². The highest BCUT2D eigenvalue weighted by atomic mass is 32.1. The van der Waals surface area contributed by atoms with E-state index in [-0.39, 0.29) is 16.2 Å². The Morgan fingerprint density at radius 3 is 2.65 bits per heavy atom. The lowest BCUT2D eigenvalue weighted by Crippen LogP contribution is -2.26. The van der Waals surface area contributed by atoms with Gasteiger partial charge in [0.15, 0.2) is 5.69 Å². The molecule has 0 aliphatic heterocycles. The molecular weight excluding hydrogens is 314 g/mol.